The summed E-state index contributed by atoms with van der Waals surface area (Å²) in [5.41, 5.74) is 0.515. The first-order chi connectivity index (χ1) is 6.75. The second kappa shape index (κ2) is 3.78. The van der Waals surface area contributed by atoms with Gasteiger partial charge in [0.2, 0.25) is 0 Å². The molecule has 0 heterocycles. The molecule has 1 aliphatic carbocycles. The molecule has 0 saturated heterocycles. The number of esters is 1. The molecule has 0 aromatic heterocycles. The molecule has 88 valence electrons. The molecule has 0 spiro atoms. The van der Waals surface area contributed by atoms with Crippen molar-refractivity contribution in [3.63, 3.8) is 0 Å². The first kappa shape index (κ1) is 12.5. The first-order valence-electron chi connectivity index (χ1n) is 5.67. The van der Waals surface area contributed by atoms with Gasteiger partial charge in [-0.1, -0.05) is 27.7 Å². The Morgan fingerprint density at radius 3 is 2.13 bits per heavy atom. The number of hydrogen-bond donors (Lipinski definition) is 1. The smallest absolute Gasteiger partial charge is 0.322 e. The van der Waals surface area contributed by atoms with Crippen molar-refractivity contribution in [2.24, 2.45) is 10.8 Å². The van der Waals surface area contributed by atoms with Gasteiger partial charge >= 0.3 is 5.97 Å². The number of carbonyl (C=O) groups excluding carboxylic acids is 1. The summed E-state index contributed by atoms with van der Waals surface area (Å²) in [5, 5.41) is 3.34. The Morgan fingerprint density at radius 2 is 1.80 bits per heavy atom. The highest BCUT2D eigenvalue weighted by molar-refractivity contribution is 5.75. The standard InChI is InChI=1S/C12H23NO2/c1-7-15-9(14)8(2)13-10-11(3,4)12(10,5)6/h8,10,13H,7H2,1-6H3. The van der Waals surface area contributed by atoms with Crippen LogP contribution in [0.1, 0.15) is 41.5 Å². The van der Waals surface area contributed by atoms with Crippen LogP contribution in [0.2, 0.25) is 0 Å². The number of nitrogens with one attached hydrogen (secondary N) is 1. The minimum atomic E-state index is -0.212. The van der Waals surface area contributed by atoms with Crippen LogP contribution < -0.4 is 5.32 Å². The molecule has 1 N–H and O–H groups in total. The van der Waals surface area contributed by atoms with Crippen LogP contribution in [-0.2, 0) is 9.53 Å². The first-order valence-corrected chi connectivity index (χ1v) is 5.67. The van der Waals surface area contributed by atoms with Crippen molar-refractivity contribution < 1.29 is 9.53 Å². The molecule has 0 aromatic rings. The van der Waals surface area contributed by atoms with E-state index in [2.05, 4.69) is 33.0 Å². The molecular weight excluding hydrogens is 190 g/mol. The summed E-state index contributed by atoms with van der Waals surface area (Å²) in [6.45, 7) is 13.0. The number of carbonyl (C=O) groups is 1. The lowest BCUT2D eigenvalue weighted by Gasteiger charge is -2.13. The van der Waals surface area contributed by atoms with E-state index < -0.39 is 0 Å². The second-order valence-electron chi connectivity index (χ2n) is 5.52. The van der Waals surface area contributed by atoms with E-state index in [0.717, 1.165) is 0 Å². The zero-order valence-electron chi connectivity index (χ0n) is 10.7. The van der Waals surface area contributed by atoms with Gasteiger partial charge < -0.3 is 10.1 Å². The lowest BCUT2D eigenvalue weighted by atomic mass is 10.0. The van der Waals surface area contributed by atoms with E-state index in [0.29, 0.717) is 12.6 Å². The van der Waals surface area contributed by atoms with E-state index in [4.69, 9.17) is 4.74 Å². The molecule has 15 heavy (non-hydrogen) atoms. The Labute approximate surface area is 92.6 Å². The highest BCUT2D eigenvalue weighted by atomic mass is 16.5. The average Bonchev–Trinajstić information content (AvgIpc) is 2.48. The molecule has 3 heteroatoms. The van der Waals surface area contributed by atoms with Crippen LogP contribution in [0.3, 0.4) is 0 Å². The normalized spacial score (nSPS) is 24.7. The molecule has 1 aliphatic rings. The van der Waals surface area contributed by atoms with Crippen molar-refractivity contribution in [1.82, 2.24) is 5.32 Å². The van der Waals surface area contributed by atoms with E-state index in [1.54, 1.807) is 0 Å². The van der Waals surface area contributed by atoms with Crippen LogP contribution in [0.4, 0.5) is 0 Å². The summed E-state index contributed by atoms with van der Waals surface area (Å²) in [7, 11) is 0. The van der Waals surface area contributed by atoms with Crippen LogP contribution in [-0.4, -0.2) is 24.7 Å². The van der Waals surface area contributed by atoms with E-state index >= 15 is 0 Å². The fraction of sp³-hybridized carbons (Fsp3) is 0.917. The maximum absolute atomic E-state index is 11.4. The van der Waals surface area contributed by atoms with Gasteiger partial charge in [0.25, 0.3) is 0 Å². The highest BCUT2D eigenvalue weighted by Gasteiger charge is 2.65. The van der Waals surface area contributed by atoms with E-state index in [1.165, 1.54) is 0 Å². The summed E-state index contributed by atoms with van der Waals surface area (Å²) >= 11 is 0. The fourth-order valence-corrected chi connectivity index (χ4v) is 2.20. The van der Waals surface area contributed by atoms with E-state index in [1.807, 2.05) is 13.8 Å². The van der Waals surface area contributed by atoms with Crippen LogP contribution in [0.5, 0.6) is 0 Å². The molecule has 0 aromatic carbocycles. The number of ether oxygens (including phenoxy) is 1. The van der Waals surface area contributed by atoms with Crippen molar-refractivity contribution in [1.29, 1.82) is 0 Å². The Bertz CT molecular complexity index is 244. The molecule has 1 saturated carbocycles. The van der Waals surface area contributed by atoms with Crippen LogP contribution in [0, 0.1) is 10.8 Å². The van der Waals surface area contributed by atoms with Crippen molar-refractivity contribution >= 4 is 5.97 Å². The zero-order chi connectivity index (χ0) is 11.9. The molecule has 1 atom stereocenters. The van der Waals surface area contributed by atoms with Gasteiger partial charge in [-0.15, -0.1) is 0 Å². The van der Waals surface area contributed by atoms with Crippen molar-refractivity contribution in [2.45, 2.75) is 53.6 Å². The topological polar surface area (TPSA) is 38.3 Å². The molecule has 3 nitrogen and oxygen atoms in total. The monoisotopic (exact) mass is 213 g/mol. The summed E-state index contributed by atoms with van der Waals surface area (Å²) in [6, 6.07) is 0.181. The summed E-state index contributed by atoms with van der Waals surface area (Å²) in [6.07, 6.45) is 0. The van der Waals surface area contributed by atoms with E-state index in [-0.39, 0.29) is 22.8 Å². The fourth-order valence-electron chi connectivity index (χ4n) is 2.20. The van der Waals surface area contributed by atoms with Gasteiger partial charge in [0.15, 0.2) is 0 Å². The van der Waals surface area contributed by atoms with Gasteiger partial charge in [-0.3, -0.25) is 4.79 Å². The Morgan fingerprint density at radius 1 is 1.33 bits per heavy atom. The minimum absolute atomic E-state index is 0.156. The van der Waals surface area contributed by atoms with Crippen molar-refractivity contribution in [3.8, 4) is 0 Å². The van der Waals surface area contributed by atoms with Crippen LogP contribution >= 0.6 is 0 Å². The van der Waals surface area contributed by atoms with Gasteiger partial charge in [-0.25, -0.2) is 0 Å². The molecule has 0 bridgehead atoms. The summed E-state index contributed by atoms with van der Waals surface area (Å²) in [5.74, 6) is -0.156. The Balaban J connectivity index is 2.48. The molecule has 0 amide bonds. The summed E-state index contributed by atoms with van der Waals surface area (Å²) < 4.78 is 4.97. The molecule has 0 aliphatic heterocycles. The Hall–Kier alpha value is -0.570. The predicted molar refractivity (Wildman–Crippen MR) is 60.6 cm³/mol. The third-order valence-corrected chi connectivity index (χ3v) is 4.08. The minimum Gasteiger partial charge on any atom is -0.465 e. The quantitative estimate of drug-likeness (QED) is 0.725. The van der Waals surface area contributed by atoms with Gasteiger partial charge in [-0.2, -0.15) is 0 Å². The van der Waals surface area contributed by atoms with Gasteiger partial charge in [0.1, 0.15) is 6.04 Å². The maximum Gasteiger partial charge on any atom is 0.322 e. The van der Waals surface area contributed by atoms with Gasteiger partial charge in [0.05, 0.1) is 6.61 Å². The molecule has 1 fully saturated rings. The summed E-state index contributed by atoms with van der Waals surface area (Å²) in [4.78, 5) is 11.4. The number of hydrogen-bond acceptors (Lipinski definition) is 3. The molecule has 1 unspecified atom stereocenters. The van der Waals surface area contributed by atoms with Gasteiger partial charge in [-0.05, 0) is 24.7 Å². The van der Waals surface area contributed by atoms with Gasteiger partial charge in [0, 0.05) is 6.04 Å². The molecular formula is C12H23NO2. The third-order valence-electron chi connectivity index (χ3n) is 4.08. The largest absolute Gasteiger partial charge is 0.465 e. The van der Waals surface area contributed by atoms with E-state index in [9.17, 15) is 4.79 Å². The lowest BCUT2D eigenvalue weighted by molar-refractivity contribution is -0.145. The molecule has 1 rings (SSSR count). The molecule has 0 radical (unpaired) electrons. The van der Waals surface area contributed by atoms with Crippen LogP contribution in [0.25, 0.3) is 0 Å². The zero-order valence-corrected chi connectivity index (χ0v) is 10.7. The maximum atomic E-state index is 11.4. The number of rotatable bonds is 4. The van der Waals surface area contributed by atoms with Crippen molar-refractivity contribution in [2.75, 3.05) is 6.61 Å². The van der Waals surface area contributed by atoms with Crippen molar-refractivity contribution in [3.05, 3.63) is 0 Å². The SMILES string of the molecule is CCOC(=O)C(C)NC1C(C)(C)C1(C)C. The lowest BCUT2D eigenvalue weighted by Crippen LogP contribution is -2.39. The predicted octanol–water partition coefficient (Wildman–Crippen LogP) is 1.96. The van der Waals surface area contributed by atoms with Crippen LogP contribution in [0.15, 0.2) is 0 Å². The second-order valence-corrected chi connectivity index (χ2v) is 5.52. The average molecular weight is 213 g/mol. The highest BCUT2D eigenvalue weighted by Crippen LogP contribution is 2.62. The Kier molecular flexibility index (Phi) is 3.15. The third kappa shape index (κ3) is 2.03.